The van der Waals surface area contributed by atoms with Crippen LogP contribution in [-0.2, 0) is 15.8 Å². The zero-order chi connectivity index (χ0) is 35.1. The molecule has 2 atom stereocenters. The van der Waals surface area contributed by atoms with Crippen molar-refractivity contribution in [3.8, 4) is 34.3 Å². The molecule has 256 valence electrons. The number of halogens is 5. The minimum Gasteiger partial charge on any atom is -0.489 e. The average molecular weight is 687 g/mol. The number of nitrogens with one attached hydrogen (secondary N) is 1. The van der Waals surface area contributed by atoms with E-state index in [1.165, 1.54) is 36.5 Å². The maximum atomic E-state index is 13.8. The van der Waals surface area contributed by atoms with Crippen molar-refractivity contribution < 1.29 is 55.6 Å². The number of carbonyl (C=O) groups is 2. The van der Waals surface area contributed by atoms with E-state index in [9.17, 15) is 36.6 Å². The van der Waals surface area contributed by atoms with Crippen molar-refractivity contribution in [2.45, 2.75) is 50.4 Å². The topological polar surface area (TPSA) is 155 Å². The fourth-order valence-corrected chi connectivity index (χ4v) is 6.08. The van der Waals surface area contributed by atoms with Gasteiger partial charge in [-0.25, -0.2) is 4.98 Å². The van der Waals surface area contributed by atoms with E-state index < -0.39 is 53.7 Å². The largest absolute Gasteiger partial charge is 0.586 e. The van der Waals surface area contributed by atoms with Crippen molar-refractivity contribution in [1.82, 2.24) is 15.3 Å². The summed E-state index contributed by atoms with van der Waals surface area (Å²) in [6.07, 6.45) is -6.50. The Kier molecular flexibility index (Phi) is 7.17. The molecule has 16 heteroatoms. The van der Waals surface area contributed by atoms with Crippen LogP contribution in [-0.4, -0.2) is 52.7 Å². The molecule has 7 rings (SSSR count). The molecular formula is C33H27F5N4O7. The first-order valence-corrected chi connectivity index (χ1v) is 15.0. The molecule has 4 heterocycles. The normalized spacial score (nSPS) is 20.3. The lowest BCUT2D eigenvalue weighted by Gasteiger charge is -2.30. The van der Waals surface area contributed by atoms with Gasteiger partial charge in [-0.15, -0.1) is 22.0 Å². The summed E-state index contributed by atoms with van der Waals surface area (Å²) >= 11 is 0. The standard InChI is InChI=1S/C33H27F5N4O7/c1-15-7-17-8-18(10-23(25(17)40-12-15)47-32(34,35)36)28(43)41-13-31(45,19-4-5-19)24-11-20-27(46-14-30(20,2)29(39)44)26(42-24)16-3-6-21-22(9-16)49-33(37,38)48-21/h3,6-12,19,45H,4-5,13-14H2,1-2H3,(H2,39,44)(H,41,43)/t30-,31?/m0/s1. The van der Waals surface area contributed by atoms with E-state index in [4.69, 9.17) is 10.5 Å². The van der Waals surface area contributed by atoms with E-state index >= 15 is 0 Å². The highest BCUT2D eigenvalue weighted by Crippen LogP contribution is 2.51. The second-order valence-electron chi connectivity index (χ2n) is 12.5. The number of benzene rings is 2. The number of rotatable bonds is 8. The Hall–Kier alpha value is -5.25. The number of nitrogens with zero attached hydrogens (tertiary/aromatic N) is 2. The quantitative estimate of drug-likeness (QED) is 0.218. The van der Waals surface area contributed by atoms with Crippen molar-refractivity contribution in [3.63, 3.8) is 0 Å². The van der Waals surface area contributed by atoms with Gasteiger partial charge in [-0.3, -0.25) is 14.6 Å². The molecule has 11 nitrogen and oxygen atoms in total. The number of aromatic nitrogens is 2. The summed E-state index contributed by atoms with van der Waals surface area (Å²) in [6, 6.07) is 9.20. The first-order valence-electron chi connectivity index (χ1n) is 15.0. The average Bonchev–Trinajstić information content (AvgIpc) is 3.76. The van der Waals surface area contributed by atoms with Gasteiger partial charge in [-0.2, -0.15) is 0 Å². The lowest BCUT2D eigenvalue weighted by atomic mass is 9.81. The molecule has 3 aliphatic rings. The fraction of sp³-hybridized carbons (Fsp3) is 0.333. The van der Waals surface area contributed by atoms with E-state index in [0.29, 0.717) is 18.4 Å². The van der Waals surface area contributed by atoms with E-state index in [1.807, 2.05) is 0 Å². The summed E-state index contributed by atoms with van der Waals surface area (Å²) in [5, 5.41) is 15.0. The molecule has 0 bridgehead atoms. The summed E-state index contributed by atoms with van der Waals surface area (Å²) < 4.78 is 86.5. The molecule has 0 saturated heterocycles. The van der Waals surface area contributed by atoms with Crippen molar-refractivity contribution in [3.05, 3.63) is 71.0 Å². The van der Waals surface area contributed by atoms with Crippen molar-refractivity contribution >= 4 is 22.7 Å². The number of nitrogens with two attached hydrogens (primary N) is 1. The van der Waals surface area contributed by atoms with Crippen LogP contribution in [0.1, 0.15) is 46.9 Å². The maximum Gasteiger partial charge on any atom is 0.586 e. The van der Waals surface area contributed by atoms with Crippen molar-refractivity contribution in [2.24, 2.45) is 11.7 Å². The summed E-state index contributed by atoms with van der Waals surface area (Å²) in [5.74, 6) is -3.02. The zero-order valence-electron chi connectivity index (χ0n) is 25.8. The Labute approximate surface area is 274 Å². The Morgan fingerprint density at radius 2 is 1.84 bits per heavy atom. The predicted molar refractivity (Wildman–Crippen MR) is 160 cm³/mol. The number of aryl methyl sites for hydroxylation is 1. The van der Waals surface area contributed by atoms with Gasteiger partial charge >= 0.3 is 12.7 Å². The monoisotopic (exact) mass is 686 g/mol. The third-order valence-corrected chi connectivity index (χ3v) is 8.88. The highest BCUT2D eigenvalue weighted by molar-refractivity contribution is 6.00. The number of amides is 2. The third kappa shape index (κ3) is 5.79. The van der Waals surface area contributed by atoms with E-state index in [-0.39, 0.29) is 62.8 Å². The Morgan fingerprint density at radius 3 is 2.53 bits per heavy atom. The molecular weight excluding hydrogens is 659 g/mol. The summed E-state index contributed by atoms with van der Waals surface area (Å²) in [7, 11) is 0. The number of carbonyl (C=O) groups excluding carboxylic acids is 2. The highest BCUT2D eigenvalue weighted by atomic mass is 19.4. The number of alkyl halides is 5. The van der Waals surface area contributed by atoms with Crippen LogP contribution in [0, 0.1) is 12.8 Å². The van der Waals surface area contributed by atoms with Gasteiger partial charge in [0.1, 0.15) is 34.6 Å². The molecule has 1 fully saturated rings. The number of fused-ring (bicyclic) bond motifs is 3. The summed E-state index contributed by atoms with van der Waals surface area (Å²) in [4.78, 5) is 34.8. The van der Waals surface area contributed by atoms with Crippen LogP contribution in [0.25, 0.3) is 22.2 Å². The summed E-state index contributed by atoms with van der Waals surface area (Å²) in [5.41, 5.74) is 3.49. The van der Waals surface area contributed by atoms with Gasteiger partial charge in [0.25, 0.3) is 5.91 Å². The van der Waals surface area contributed by atoms with Gasteiger partial charge in [-0.1, -0.05) is 0 Å². The molecule has 2 aromatic heterocycles. The van der Waals surface area contributed by atoms with Crippen LogP contribution < -0.4 is 30.0 Å². The molecule has 49 heavy (non-hydrogen) atoms. The summed E-state index contributed by atoms with van der Waals surface area (Å²) in [6.45, 7) is 2.62. The van der Waals surface area contributed by atoms with Crippen LogP contribution in [0.2, 0.25) is 0 Å². The first-order chi connectivity index (χ1) is 23.0. The third-order valence-electron chi connectivity index (χ3n) is 8.88. The lowest BCUT2D eigenvalue weighted by molar-refractivity contribution is -0.286. The van der Waals surface area contributed by atoms with Gasteiger partial charge in [0.2, 0.25) is 5.91 Å². The highest BCUT2D eigenvalue weighted by Gasteiger charge is 2.50. The number of ether oxygens (including phenoxy) is 4. The molecule has 4 aromatic rings. The molecule has 1 aliphatic carbocycles. The molecule has 2 aromatic carbocycles. The van der Waals surface area contributed by atoms with Crippen LogP contribution in [0.15, 0.2) is 48.7 Å². The molecule has 1 unspecified atom stereocenters. The molecule has 4 N–H and O–H groups in total. The Bertz CT molecular complexity index is 2050. The maximum absolute atomic E-state index is 13.8. The lowest BCUT2D eigenvalue weighted by Crippen LogP contribution is -2.44. The van der Waals surface area contributed by atoms with Gasteiger partial charge in [0, 0.05) is 28.3 Å². The predicted octanol–water partition coefficient (Wildman–Crippen LogP) is 4.99. The van der Waals surface area contributed by atoms with E-state index in [0.717, 1.165) is 6.07 Å². The number of pyridine rings is 2. The molecule has 2 aliphatic heterocycles. The number of hydrogen-bond acceptors (Lipinski definition) is 9. The minimum absolute atomic E-state index is 0.0180. The van der Waals surface area contributed by atoms with Crippen LogP contribution in [0.3, 0.4) is 0 Å². The molecule has 2 amide bonds. The minimum atomic E-state index is -5.06. The van der Waals surface area contributed by atoms with Gasteiger partial charge in [0.15, 0.2) is 17.2 Å². The molecule has 1 saturated carbocycles. The Morgan fingerprint density at radius 1 is 1.10 bits per heavy atom. The number of primary amides is 1. The molecule has 0 radical (unpaired) electrons. The van der Waals surface area contributed by atoms with Gasteiger partial charge in [-0.05, 0) is 80.6 Å². The zero-order valence-corrected chi connectivity index (χ0v) is 25.8. The van der Waals surface area contributed by atoms with Crippen LogP contribution in [0.4, 0.5) is 22.0 Å². The molecule has 0 spiro atoms. The smallest absolute Gasteiger partial charge is 0.489 e. The second kappa shape index (κ2) is 10.9. The van der Waals surface area contributed by atoms with Crippen molar-refractivity contribution in [2.75, 3.05) is 13.2 Å². The Balaban J connectivity index is 1.27. The first kappa shape index (κ1) is 32.3. The van der Waals surface area contributed by atoms with Crippen LogP contribution in [0.5, 0.6) is 23.0 Å². The van der Waals surface area contributed by atoms with Crippen molar-refractivity contribution in [1.29, 1.82) is 0 Å². The fourth-order valence-electron chi connectivity index (χ4n) is 6.08. The van der Waals surface area contributed by atoms with Crippen LogP contribution >= 0.6 is 0 Å². The van der Waals surface area contributed by atoms with E-state index in [2.05, 4.69) is 29.5 Å². The SMILES string of the molecule is Cc1cnc2c(OC(F)(F)F)cc(C(=O)NCC(O)(c3cc4c(c(-c5ccc6c(c5)OC(F)(F)O6)n3)OC[C@]4(C)C(N)=O)C3CC3)cc2c1. The van der Waals surface area contributed by atoms with Gasteiger partial charge in [0.05, 0.1) is 12.2 Å². The van der Waals surface area contributed by atoms with Gasteiger partial charge < -0.3 is 35.1 Å². The number of hydrogen-bond donors (Lipinski definition) is 3. The second-order valence-corrected chi connectivity index (χ2v) is 12.5. The van der Waals surface area contributed by atoms with E-state index in [1.54, 1.807) is 19.9 Å². The number of aliphatic hydroxyl groups is 1.